The van der Waals surface area contributed by atoms with Crippen LogP contribution in [0.2, 0.25) is 0 Å². The van der Waals surface area contributed by atoms with E-state index in [4.69, 9.17) is 4.74 Å². The average Bonchev–Trinajstić information content (AvgIpc) is 2.88. The molecule has 0 bridgehead atoms. The van der Waals surface area contributed by atoms with Crippen LogP contribution in [0.5, 0.6) is 5.75 Å². The zero-order valence-electron chi connectivity index (χ0n) is 15.0. The Balaban J connectivity index is 1.78. The minimum atomic E-state index is -0.419. The number of amides is 3. The van der Waals surface area contributed by atoms with Crippen LogP contribution >= 0.6 is 0 Å². The summed E-state index contributed by atoms with van der Waals surface area (Å²) in [7, 11) is 1.50. The number of benzene rings is 2. The van der Waals surface area contributed by atoms with E-state index in [-0.39, 0.29) is 18.4 Å². The number of rotatable bonds is 5. The molecule has 1 aliphatic heterocycles. The summed E-state index contributed by atoms with van der Waals surface area (Å²) in [5.41, 5.74) is 2.54. The molecule has 0 unspecified atom stereocenters. The summed E-state index contributed by atoms with van der Waals surface area (Å²) >= 11 is 0. The van der Waals surface area contributed by atoms with Gasteiger partial charge in [-0.15, -0.1) is 0 Å². The Hall–Kier alpha value is -3.61. The summed E-state index contributed by atoms with van der Waals surface area (Å²) in [5.74, 6) is -0.432. The highest BCUT2D eigenvalue weighted by molar-refractivity contribution is 6.11. The first kappa shape index (κ1) is 18.2. The fourth-order valence-electron chi connectivity index (χ4n) is 2.89. The van der Waals surface area contributed by atoms with Crippen molar-refractivity contribution in [3.05, 3.63) is 60.2 Å². The summed E-state index contributed by atoms with van der Waals surface area (Å²) in [6, 6.07) is 12.0. The fourth-order valence-corrected chi connectivity index (χ4v) is 2.89. The van der Waals surface area contributed by atoms with Crippen molar-refractivity contribution < 1.29 is 19.1 Å². The number of carbonyl (C=O) groups excluding carboxylic acids is 3. The van der Waals surface area contributed by atoms with E-state index in [2.05, 4.69) is 17.2 Å². The summed E-state index contributed by atoms with van der Waals surface area (Å²) < 4.78 is 5.16. The second kappa shape index (κ2) is 7.33. The lowest BCUT2D eigenvalue weighted by Gasteiger charge is -2.18. The molecule has 2 N–H and O–H groups in total. The number of methoxy groups -OCH3 is 1. The minimum absolute atomic E-state index is 0.191. The molecule has 0 radical (unpaired) electrons. The van der Waals surface area contributed by atoms with Gasteiger partial charge in [-0.25, -0.2) is 0 Å². The molecule has 1 aliphatic rings. The zero-order valence-corrected chi connectivity index (χ0v) is 15.0. The Kier molecular flexibility index (Phi) is 4.94. The van der Waals surface area contributed by atoms with Crippen LogP contribution in [0.15, 0.2) is 49.0 Å². The predicted molar refractivity (Wildman–Crippen MR) is 102 cm³/mol. The number of hydrogen-bond donors (Lipinski definition) is 2. The predicted octanol–water partition coefficient (Wildman–Crippen LogP) is 2.72. The Morgan fingerprint density at radius 3 is 2.41 bits per heavy atom. The molecule has 0 saturated heterocycles. The number of nitrogens with one attached hydrogen (secondary N) is 2. The quantitative estimate of drug-likeness (QED) is 0.853. The van der Waals surface area contributed by atoms with E-state index < -0.39 is 5.91 Å². The second-order valence-electron chi connectivity index (χ2n) is 6.02. The maximum atomic E-state index is 12.5. The number of fused-ring (bicyclic) bond motifs is 1. The first-order valence-electron chi connectivity index (χ1n) is 8.26. The molecule has 0 fully saturated rings. The van der Waals surface area contributed by atoms with E-state index in [1.807, 2.05) is 6.07 Å². The van der Waals surface area contributed by atoms with Crippen molar-refractivity contribution in [2.75, 3.05) is 24.3 Å². The third kappa shape index (κ3) is 3.67. The van der Waals surface area contributed by atoms with Crippen LogP contribution in [-0.2, 0) is 9.59 Å². The van der Waals surface area contributed by atoms with Crippen molar-refractivity contribution in [3.63, 3.8) is 0 Å². The molecule has 7 heteroatoms. The fraction of sp³-hybridized carbons (Fsp3) is 0.150. The van der Waals surface area contributed by atoms with E-state index in [9.17, 15) is 14.4 Å². The first-order valence-corrected chi connectivity index (χ1v) is 8.26. The Bertz CT molecular complexity index is 917. The zero-order chi connectivity index (χ0) is 19.6. The van der Waals surface area contributed by atoms with Gasteiger partial charge in [-0.05, 0) is 18.2 Å². The van der Waals surface area contributed by atoms with Gasteiger partial charge in [-0.1, -0.05) is 24.8 Å². The summed E-state index contributed by atoms with van der Waals surface area (Å²) in [4.78, 5) is 37.8. The molecular weight excluding hydrogens is 346 g/mol. The lowest BCUT2D eigenvalue weighted by molar-refractivity contribution is -0.116. The Morgan fingerprint density at radius 1 is 1.07 bits per heavy atom. The van der Waals surface area contributed by atoms with Crippen LogP contribution in [0, 0.1) is 0 Å². The molecular formula is C20H19N3O4. The standard InChI is InChI=1S/C20H19N3O4/c1-12-15-6-4-5-7-16(15)20(26)23(12)11-19(25)22-18-10-14(27-3)8-9-17(18)21-13(2)24/h4-10H,1,11H2,2-3H3,(H,21,24)(H,22,25). The van der Waals surface area contributed by atoms with Gasteiger partial charge in [0.25, 0.3) is 5.91 Å². The third-order valence-corrected chi connectivity index (χ3v) is 4.15. The Morgan fingerprint density at radius 2 is 1.78 bits per heavy atom. The molecule has 7 nitrogen and oxygen atoms in total. The molecule has 3 amide bonds. The van der Waals surface area contributed by atoms with E-state index in [1.54, 1.807) is 36.4 Å². The van der Waals surface area contributed by atoms with Crippen LogP contribution in [0.1, 0.15) is 22.8 Å². The monoisotopic (exact) mass is 365 g/mol. The van der Waals surface area contributed by atoms with Crippen LogP contribution in [0.4, 0.5) is 11.4 Å². The molecule has 3 rings (SSSR count). The molecule has 27 heavy (non-hydrogen) atoms. The minimum Gasteiger partial charge on any atom is -0.497 e. The Labute approximate surface area is 156 Å². The molecule has 0 spiro atoms. The molecule has 0 aromatic heterocycles. The largest absolute Gasteiger partial charge is 0.497 e. The lowest BCUT2D eigenvalue weighted by atomic mass is 10.1. The lowest BCUT2D eigenvalue weighted by Crippen LogP contribution is -2.33. The molecule has 0 atom stereocenters. The molecule has 138 valence electrons. The van der Waals surface area contributed by atoms with Gasteiger partial charge in [0.1, 0.15) is 12.3 Å². The van der Waals surface area contributed by atoms with Crippen LogP contribution in [0.3, 0.4) is 0 Å². The highest BCUT2D eigenvalue weighted by Gasteiger charge is 2.31. The number of anilines is 2. The highest BCUT2D eigenvalue weighted by Crippen LogP contribution is 2.31. The van der Waals surface area contributed by atoms with Gasteiger partial charge < -0.3 is 15.4 Å². The van der Waals surface area contributed by atoms with Gasteiger partial charge in [0.15, 0.2) is 0 Å². The maximum Gasteiger partial charge on any atom is 0.259 e. The molecule has 2 aromatic rings. The van der Waals surface area contributed by atoms with Crippen molar-refractivity contribution in [2.45, 2.75) is 6.92 Å². The number of carbonyl (C=O) groups is 3. The summed E-state index contributed by atoms with van der Waals surface area (Å²) in [6.45, 7) is 5.10. The first-order chi connectivity index (χ1) is 12.9. The maximum absolute atomic E-state index is 12.5. The molecule has 0 saturated carbocycles. The van der Waals surface area contributed by atoms with E-state index in [1.165, 1.54) is 18.9 Å². The highest BCUT2D eigenvalue weighted by atomic mass is 16.5. The van der Waals surface area contributed by atoms with Crippen molar-refractivity contribution in [3.8, 4) is 5.75 Å². The van der Waals surface area contributed by atoms with Crippen molar-refractivity contribution in [2.24, 2.45) is 0 Å². The SMILES string of the molecule is C=C1c2ccccc2C(=O)N1CC(=O)Nc1cc(OC)ccc1NC(C)=O. The van der Waals surface area contributed by atoms with E-state index >= 15 is 0 Å². The molecule has 1 heterocycles. The molecule has 0 aliphatic carbocycles. The topological polar surface area (TPSA) is 87.7 Å². The van der Waals surface area contributed by atoms with Gasteiger partial charge in [0.2, 0.25) is 11.8 Å². The van der Waals surface area contributed by atoms with E-state index in [0.717, 1.165) is 5.56 Å². The van der Waals surface area contributed by atoms with Crippen molar-refractivity contribution >= 4 is 34.8 Å². The normalized spacial score (nSPS) is 12.6. The second-order valence-corrected chi connectivity index (χ2v) is 6.02. The smallest absolute Gasteiger partial charge is 0.259 e. The van der Waals surface area contributed by atoms with Gasteiger partial charge in [-0.2, -0.15) is 0 Å². The van der Waals surface area contributed by atoms with Gasteiger partial charge in [0, 0.05) is 29.8 Å². The van der Waals surface area contributed by atoms with Crippen LogP contribution in [0.25, 0.3) is 5.70 Å². The summed E-state index contributed by atoms with van der Waals surface area (Å²) in [5, 5.41) is 5.36. The van der Waals surface area contributed by atoms with Gasteiger partial charge in [0.05, 0.1) is 18.5 Å². The van der Waals surface area contributed by atoms with Crippen molar-refractivity contribution in [1.29, 1.82) is 0 Å². The molecule has 2 aromatic carbocycles. The van der Waals surface area contributed by atoms with Crippen LogP contribution < -0.4 is 15.4 Å². The van der Waals surface area contributed by atoms with Gasteiger partial charge >= 0.3 is 0 Å². The number of nitrogens with zero attached hydrogens (tertiary/aromatic N) is 1. The number of hydrogen-bond acceptors (Lipinski definition) is 4. The number of ether oxygens (including phenoxy) is 1. The third-order valence-electron chi connectivity index (χ3n) is 4.15. The van der Waals surface area contributed by atoms with Crippen molar-refractivity contribution in [1.82, 2.24) is 4.90 Å². The van der Waals surface area contributed by atoms with Crippen LogP contribution in [-0.4, -0.2) is 36.3 Å². The van der Waals surface area contributed by atoms with Gasteiger partial charge in [-0.3, -0.25) is 19.3 Å². The average molecular weight is 365 g/mol. The summed E-state index contributed by atoms with van der Waals surface area (Å²) in [6.07, 6.45) is 0. The van der Waals surface area contributed by atoms with E-state index in [0.29, 0.717) is 28.4 Å².